The van der Waals surface area contributed by atoms with E-state index in [2.05, 4.69) is 25.1 Å². The molecule has 1 atom stereocenters. The summed E-state index contributed by atoms with van der Waals surface area (Å²) in [6.07, 6.45) is 6.66. The van der Waals surface area contributed by atoms with Crippen LogP contribution in [0.5, 0.6) is 0 Å². The molecule has 1 heteroatoms. The highest BCUT2D eigenvalue weighted by Gasteiger charge is 2.43. The predicted molar refractivity (Wildman–Crippen MR) is 62.9 cm³/mol. The molecule has 2 aliphatic rings. The van der Waals surface area contributed by atoms with Crippen molar-refractivity contribution in [2.24, 2.45) is 5.73 Å². The fourth-order valence-electron chi connectivity index (χ4n) is 3.47. The minimum absolute atomic E-state index is 0.285. The van der Waals surface area contributed by atoms with Crippen LogP contribution < -0.4 is 5.73 Å². The van der Waals surface area contributed by atoms with E-state index in [4.69, 9.17) is 5.73 Å². The van der Waals surface area contributed by atoms with Crippen molar-refractivity contribution < 1.29 is 0 Å². The lowest BCUT2D eigenvalue weighted by Gasteiger charge is -2.48. The normalized spacial score (nSPS) is 27.2. The van der Waals surface area contributed by atoms with Crippen molar-refractivity contribution in [3.05, 3.63) is 34.9 Å². The van der Waals surface area contributed by atoms with E-state index in [1.807, 2.05) is 0 Å². The van der Waals surface area contributed by atoms with Gasteiger partial charge in [-0.05, 0) is 54.7 Å². The molecule has 0 amide bonds. The molecule has 1 aromatic rings. The number of fused-ring (bicyclic) bond motifs is 2. The van der Waals surface area contributed by atoms with Gasteiger partial charge in [-0.2, -0.15) is 0 Å². The zero-order valence-corrected chi connectivity index (χ0v) is 9.42. The second kappa shape index (κ2) is 3.08. The molecule has 1 spiro atoms. The minimum Gasteiger partial charge on any atom is -0.324 e. The molecular weight excluding hydrogens is 182 g/mol. The van der Waals surface area contributed by atoms with Gasteiger partial charge in [-0.15, -0.1) is 0 Å². The molecule has 2 N–H and O–H groups in total. The molecule has 1 saturated carbocycles. The summed E-state index contributed by atoms with van der Waals surface area (Å²) in [7, 11) is 0. The van der Waals surface area contributed by atoms with Gasteiger partial charge in [0.05, 0.1) is 0 Å². The Hall–Kier alpha value is -0.820. The fraction of sp³-hybridized carbons (Fsp3) is 0.571. The van der Waals surface area contributed by atoms with Crippen LogP contribution in [-0.2, 0) is 5.41 Å². The molecule has 0 bridgehead atoms. The predicted octanol–water partition coefficient (Wildman–Crippen LogP) is 3.21. The highest BCUT2D eigenvalue weighted by molar-refractivity contribution is 5.44. The maximum atomic E-state index is 6.25. The zero-order chi connectivity index (χ0) is 10.5. The van der Waals surface area contributed by atoms with E-state index in [1.165, 1.54) is 43.2 Å². The van der Waals surface area contributed by atoms with Crippen LogP contribution in [0.2, 0.25) is 0 Å². The van der Waals surface area contributed by atoms with Gasteiger partial charge in [-0.3, -0.25) is 0 Å². The van der Waals surface area contributed by atoms with Crippen LogP contribution in [0.15, 0.2) is 18.2 Å². The molecule has 1 fully saturated rings. The van der Waals surface area contributed by atoms with Gasteiger partial charge < -0.3 is 5.73 Å². The van der Waals surface area contributed by atoms with Crippen LogP contribution in [0.1, 0.15) is 54.8 Å². The van der Waals surface area contributed by atoms with Gasteiger partial charge in [0.25, 0.3) is 0 Å². The average molecular weight is 201 g/mol. The molecule has 2 aliphatic carbocycles. The van der Waals surface area contributed by atoms with Crippen molar-refractivity contribution in [1.29, 1.82) is 0 Å². The summed E-state index contributed by atoms with van der Waals surface area (Å²) in [5, 5.41) is 0. The molecule has 15 heavy (non-hydrogen) atoms. The number of rotatable bonds is 0. The minimum atomic E-state index is 0.285. The van der Waals surface area contributed by atoms with Gasteiger partial charge in [0.1, 0.15) is 0 Å². The van der Waals surface area contributed by atoms with E-state index < -0.39 is 0 Å². The number of hydrogen-bond donors (Lipinski definition) is 1. The van der Waals surface area contributed by atoms with Gasteiger partial charge in [0.2, 0.25) is 0 Å². The molecular formula is C14H19N. The molecule has 0 heterocycles. The summed E-state index contributed by atoms with van der Waals surface area (Å²) in [5.41, 5.74) is 11.2. The first-order chi connectivity index (χ1) is 7.23. The Morgan fingerprint density at radius 1 is 1.27 bits per heavy atom. The third-order valence-corrected chi connectivity index (χ3v) is 4.51. The van der Waals surface area contributed by atoms with E-state index in [9.17, 15) is 0 Å². The summed E-state index contributed by atoms with van der Waals surface area (Å²) in [5.74, 6) is 0. The Labute approximate surface area is 91.7 Å². The van der Waals surface area contributed by atoms with Crippen LogP contribution in [0.25, 0.3) is 0 Å². The molecule has 0 aromatic heterocycles. The van der Waals surface area contributed by atoms with Crippen LogP contribution in [0.3, 0.4) is 0 Å². The SMILES string of the molecule is Cc1cccc2c1C(N)CCC21CCC1. The van der Waals surface area contributed by atoms with Crippen molar-refractivity contribution in [2.45, 2.75) is 50.5 Å². The molecule has 0 aliphatic heterocycles. The quantitative estimate of drug-likeness (QED) is 0.685. The van der Waals surface area contributed by atoms with Crippen LogP contribution in [0.4, 0.5) is 0 Å². The smallest absolute Gasteiger partial charge is 0.0300 e. The first-order valence-corrected chi connectivity index (χ1v) is 6.08. The first-order valence-electron chi connectivity index (χ1n) is 6.08. The second-order valence-electron chi connectivity index (χ2n) is 5.32. The molecule has 0 saturated heterocycles. The molecule has 1 nitrogen and oxygen atoms in total. The fourth-order valence-corrected chi connectivity index (χ4v) is 3.47. The van der Waals surface area contributed by atoms with Gasteiger partial charge in [-0.25, -0.2) is 0 Å². The number of hydrogen-bond acceptors (Lipinski definition) is 1. The third kappa shape index (κ3) is 1.19. The summed E-state index contributed by atoms with van der Waals surface area (Å²) >= 11 is 0. The molecule has 0 radical (unpaired) electrons. The Balaban J connectivity index is 2.17. The maximum absolute atomic E-state index is 6.25. The largest absolute Gasteiger partial charge is 0.324 e. The number of nitrogens with two attached hydrogens (primary N) is 1. The third-order valence-electron chi connectivity index (χ3n) is 4.51. The van der Waals surface area contributed by atoms with E-state index >= 15 is 0 Å². The number of benzene rings is 1. The summed E-state index contributed by atoms with van der Waals surface area (Å²) in [4.78, 5) is 0. The molecule has 1 unspecified atom stereocenters. The van der Waals surface area contributed by atoms with Gasteiger partial charge in [-0.1, -0.05) is 24.6 Å². The van der Waals surface area contributed by atoms with Crippen molar-refractivity contribution in [1.82, 2.24) is 0 Å². The molecule has 80 valence electrons. The Kier molecular flexibility index (Phi) is 1.93. The summed E-state index contributed by atoms with van der Waals surface area (Å²) < 4.78 is 0. The lowest BCUT2D eigenvalue weighted by atomic mass is 9.57. The second-order valence-corrected chi connectivity index (χ2v) is 5.32. The van der Waals surface area contributed by atoms with Crippen LogP contribution in [0, 0.1) is 6.92 Å². The first kappa shape index (κ1) is 9.41. The molecule has 3 rings (SSSR count). The van der Waals surface area contributed by atoms with Gasteiger partial charge in [0, 0.05) is 6.04 Å². The molecule has 1 aromatic carbocycles. The Bertz CT molecular complexity index is 390. The van der Waals surface area contributed by atoms with Crippen molar-refractivity contribution in [2.75, 3.05) is 0 Å². The Morgan fingerprint density at radius 3 is 2.73 bits per heavy atom. The van der Waals surface area contributed by atoms with Gasteiger partial charge in [0.15, 0.2) is 0 Å². The standard InChI is InChI=1S/C14H19N/c1-10-4-2-5-11-13(10)12(15)6-9-14(11)7-3-8-14/h2,4-5,12H,3,6-9,15H2,1H3. The lowest BCUT2D eigenvalue weighted by molar-refractivity contribution is 0.199. The zero-order valence-electron chi connectivity index (χ0n) is 9.42. The van der Waals surface area contributed by atoms with Crippen molar-refractivity contribution >= 4 is 0 Å². The van der Waals surface area contributed by atoms with Crippen molar-refractivity contribution in [3.63, 3.8) is 0 Å². The highest BCUT2D eigenvalue weighted by atomic mass is 14.7. The summed E-state index contributed by atoms with van der Waals surface area (Å²) in [6, 6.07) is 7.01. The van der Waals surface area contributed by atoms with E-state index in [1.54, 1.807) is 5.56 Å². The van der Waals surface area contributed by atoms with E-state index in [0.717, 1.165) is 0 Å². The maximum Gasteiger partial charge on any atom is 0.0300 e. The van der Waals surface area contributed by atoms with Crippen LogP contribution >= 0.6 is 0 Å². The monoisotopic (exact) mass is 201 g/mol. The van der Waals surface area contributed by atoms with E-state index in [0.29, 0.717) is 5.41 Å². The Morgan fingerprint density at radius 2 is 2.07 bits per heavy atom. The lowest BCUT2D eigenvalue weighted by Crippen LogP contribution is -2.40. The van der Waals surface area contributed by atoms with E-state index in [-0.39, 0.29) is 6.04 Å². The van der Waals surface area contributed by atoms with Crippen molar-refractivity contribution in [3.8, 4) is 0 Å². The summed E-state index contributed by atoms with van der Waals surface area (Å²) in [6.45, 7) is 2.20. The average Bonchev–Trinajstić information content (AvgIpc) is 2.16. The van der Waals surface area contributed by atoms with Gasteiger partial charge >= 0.3 is 0 Å². The highest BCUT2D eigenvalue weighted by Crippen LogP contribution is 2.53. The number of aryl methyl sites for hydroxylation is 1. The topological polar surface area (TPSA) is 26.0 Å². The van der Waals surface area contributed by atoms with Crippen LogP contribution in [-0.4, -0.2) is 0 Å².